The highest BCUT2D eigenvalue weighted by Gasteiger charge is 2.28. The molecule has 0 radical (unpaired) electrons. The van der Waals surface area contributed by atoms with E-state index in [2.05, 4.69) is 25.3 Å². The van der Waals surface area contributed by atoms with E-state index in [1.807, 2.05) is 25.5 Å². The zero-order chi connectivity index (χ0) is 17.1. The Morgan fingerprint density at radius 1 is 1.50 bits per heavy atom. The summed E-state index contributed by atoms with van der Waals surface area (Å²) in [5.41, 5.74) is 0.980. The number of anilines is 1. The van der Waals surface area contributed by atoms with Crippen molar-refractivity contribution < 1.29 is 4.79 Å². The number of hydrogen-bond donors (Lipinski definition) is 1. The first-order valence-electron chi connectivity index (χ1n) is 8.34. The zero-order valence-corrected chi connectivity index (χ0v) is 15.2. The number of nitrogens with zero attached hydrogens (tertiary/aromatic N) is 5. The number of carbonyl (C=O) groups excluding carboxylic acids is 1. The van der Waals surface area contributed by atoms with E-state index in [1.54, 1.807) is 12.7 Å². The molecule has 0 aliphatic carbocycles. The number of amides is 1. The van der Waals surface area contributed by atoms with Crippen molar-refractivity contribution in [3.63, 3.8) is 0 Å². The van der Waals surface area contributed by atoms with E-state index in [1.165, 1.54) is 11.3 Å². The molecule has 2 aromatic rings. The molecule has 0 aromatic carbocycles. The molecule has 24 heavy (non-hydrogen) atoms. The molecule has 0 saturated carbocycles. The Morgan fingerprint density at radius 3 is 3.00 bits per heavy atom. The van der Waals surface area contributed by atoms with Gasteiger partial charge in [-0.05, 0) is 46.1 Å². The van der Waals surface area contributed by atoms with Crippen LogP contribution in [-0.2, 0) is 11.3 Å². The molecule has 1 N–H and O–H groups in total. The molecule has 1 aliphatic heterocycles. The van der Waals surface area contributed by atoms with Gasteiger partial charge in [0.1, 0.15) is 12.7 Å². The third kappa shape index (κ3) is 3.99. The second-order valence-corrected chi connectivity index (χ2v) is 7.65. The van der Waals surface area contributed by atoms with Crippen LogP contribution in [0.3, 0.4) is 0 Å². The van der Waals surface area contributed by atoms with Crippen LogP contribution < -0.4 is 5.32 Å². The summed E-state index contributed by atoms with van der Waals surface area (Å²) in [5, 5.41) is 7.84. The summed E-state index contributed by atoms with van der Waals surface area (Å²) >= 11 is 1.53. The molecule has 3 heterocycles. The largest absolute Gasteiger partial charge is 0.301 e. The van der Waals surface area contributed by atoms with Crippen LogP contribution in [0.4, 0.5) is 5.13 Å². The van der Waals surface area contributed by atoms with Gasteiger partial charge in [-0.15, -0.1) is 11.3 Å². The Balaban J connectivity index is 1.56. The molecule has 0 bridgehead atoms. The molecule has 1 aliphatic rings. The van der Waals surface area contributed by atoms with Crippen LogP contribution in [0.25, 0.3) is 0 Å². The SMILES string of the molecule is Cc1nc(NC(=O)[C@@H](C)N2CCC[C@@H](Cn3cncn3)C2)sc1C. The van der Waals surface area contributed by atoms with Gasteiger partial charge in [-0.3, -0.25) is 14.4 Å². The van der Waals surface area contributed by atoms with Crippen molar-refractivity contribution in [2.24, 2.45) is 5.92 Å². The normalized spacial score (nSPS) is 20.0. The quantitative estimate of drug-likeness (QED) is 0.895. The summed E-state index contributed by atoms with van der Waals surface area (Å²) in [6.07, 6.45) is 5.58. The molecule has 2 atom stereocenters. The number of piperidine rings is 1. The van der Waals surface area contributed by atoms with Gasteiger partial charge in [0.25, 0.3) is 0 Å². The molecule has 1 amide bonds. The Bertz CT molecular complexity index is 663. The summed E-state index contributed by atoms with van der Waals surface area (Å²) in [7, 11) is 0. The number of hydrogen-bond acceptors (Lipinski definition) is 6. The van der Waals surface area contributed by atoms with E-state index in [9.17, 15) is 4.79 Å². The fourth-order valence-corrected chi connectivity index (χ4v) is 3.91. The van der Waals surface area contributed by atoms with Gasteiger partial charge in [0, 0.05) is 18.0 Å². The lowest BCUT2D eigenvalue weighted by Gasteiger charge is -2.35. The number of rotatable bonds is 5. The molecule has 7 nitrogen and oxygen atoms in total. The molecule has 2 aromatic heterocycles. The highest BCUT2D eigenvalue weighted by Crippen LogP contribution is 2.23. The molecule has 1 fully saturated rings. The van der Waals surface area contributed by atoms with E-state index in [0.717, 1.165) is 43.0 Å². The Hall–Kier alpha value is -1.80. The van der Waals surface area contributed by atoms with Gasteiger partial charge in [0.15, 0.2) is 5.13 Å². The predicted molar refractivity (Wildman–Crippen MR) is 94.0 cm³/mol. The van der Waals surface area contributed by atoms with Gasteiger partial charge in [-0.2, -0.15) is 5.10 Å². The molecule has 0 spiro atoms. The second kappa shape index (κ2) is 7.40. The van der Waals surface area contributed by atoms with E-state index in [4.69, 9.17) is 0 Å². The molecule has 8 heteroatoms. The van der Waals surface area contributed by atoms with E-state index in [0.29, 0.717) is 11.0 Å². The second-order valence-electron chi connectivity index (χ2n) is 6.45. The van der Waals surface area contributed by atoms with Crippen LogP contribution in [-0.4, -0.2) is 49.7 Å². The number of aryl methyl sites for hydroxylation is 2. The molecular formula is C16H24N6OS. The minimum Gasteiger partial charge on any atom is -0.301 e. The van der Waals surface area contributed by atoms with Crippen LogP contribution in [0.15, 0.2) is 12.7 Å². The average molecular weight is 348 g/mol. The first-order chi connectivity index (χ1) is 11.5. The summed E-state index contributed by atoms with van der Waals surface area (Å²) in [6, 6.07) is -0.159. The van der Waals surface area contributed by atoms with Gasteiger partial charge >= 0.3 is 0 Å². The standard InChI is InChI=1S/C16H24N6OS/c1-11-13(3)24-16(19-11)20-15(23)12(2)21-6-4-5-14(7-21)8-22-10-17-9-18-22/h9-10,12,14H,4-8H2,1-3H3,(H,19,20,23)/t12-,14-/m1/s1. The predicted octanol–water partition coefficient (Wildman–Crippen LogP) is 2.09. The molecular weight excluding hydrogens is 324 g/mol. The Morgan fingerprint density at radius 2 is 2.33 bits per heavy atom. The van der Waals surface area contributed by atoms with Gasteiger partial charge in [0.2, 0.25) is 5.91 Å². The fraction of sp³-hybridized carbons (Fsp3) is 0.625. The summed E-state index contributed by atoms with van der Waals surface area (Å²) < 4.78 is 1.88. The van der Waals surface area contributed by atoms with Crippen LogP contribution >= 0.6 is 11.3 Å². The number of aromatic nitrogens is 4. The van der Waals surface area contributed by atoms with Crippen molar-refractivity contribution in [3.05, 3.63) is 23.2 Å². The van der Waals surface area contributed by atoms with Crippen molar-refractivity contribution in [2.75, 3.05) is 18.4 Å². The fourth-order valence-electron chi connectivity index (χ4n) is 3.09. The topological polar surface area (TPSA) is 75.9 Å². The summed E-state index contributed by atoms with van der Waals surface area (Å²) in [6.45, 7) is 8.68. The van der Waals surface area contributed by atoms with Crippen LogP contribution in [0, 0.1) is 19.8 Å². The lowest BCUT2D eigenvalue weighted by atomic mass is 9.96. The average Bonchev–Trinajstić information content (AvgIpc) is 3.17. The zero-order valence-electron chi connectivity index (χ0n) is 14.4. The maximum Gasteiger partial charge on any atom is 0.243 e. The van der Waals surface area contributed by atoms with Crippen molar-refractivity contribution in [1.82, 2.24) is 24.6 Å². The van der Waals surface area contributed by atoms with Gasteiger partial charge < -0.3 is 5.32 Å². The minimum atomic E-state index is -0.159. The van der Waals surface area contributed by atoms with Crippen molar-refractivity contribution >= 4 is 22.4 Å². The van der Waals surface area contributed by atoms with Crippen molar-refractivity contribution in [3.8, 4) is 0 Å². The maximum atomic E-state index is 12.5. The van der Waals surface area contributed by atoms with Gasteiger partial charge in [0.05, 0.1) is 11.7 Å². The smallest absolute Gasteiger partial charge is 0.243 e. The molecule has 0 unspecified atom stereocenters. The van der Waals surface area contributed by atoms with Crippen LogP contribution in [0.1, 0.15) is 30.3 Å². The molecule has 1 saturated heterocycles. The minimum absolute atomic E-state index is 0.0187. The summed E-state index contributed by atoms with van der Waals surface area (Å²) in [4.78, 5) is 24.3. The first kappa shape index (κ1) is 17.0. The molecule has 130 valence electrons. The van der Waals surface area contributed by atoms with Crippen molar-refractivity contribution in [1.29, 1.82) is 0 Å². The van der Waals surface area contributed by atoms with E-state index >= 15 is 0 Å². The van der Waals surface area contributed by atoms with Crippen molar-refractivity contribution in [2.45, 2.75) is 46.2 Å². The summed E-state index contributed by atoms with van der Waals surface area (Å²) in [5.74, 6) is 0.519. The lowest BCUT2D eigenvalue weighted by Crippen LogP contribution is -2.47. The Labute approximate surface area is 146 Å². The Kier molecular flexibility index (Phi) is 5.25. The highest BCUT2D eigenvalue weighted by atomic mass is 32.1. The molecule has 3 rings (SSSR count). The van der Waals surface area contributed by atoms with Crippen LogP contribution in [0.2, 0.25) is 0 Å². The van der Waals surface area contributed by atoms with Gasteiger partial charge in [-0.1, -0.05) is 0 Å². The number of carbonyl (C=O) groups is 1. The van der Waals surface area contributed by atoms with E-state index < -0.39 is 0 Å². The third-order valence-corrected chi connectivity index (χ3v) is 5.64. The number of nitrogens with one attached hydrogen (secondary N) is 1. The maximum absolute atomic E-state index is 12.5. The third-order valence-electron chi connectivity index (χ3n) is 4.65. The van der Waals surface area contributed by atoms with E-state index in [-0.39, 0.29) is 11.9 Å². The first-order valence-corrected chi connectivity index (χ1v) is 9.16. The highest BCUT2D eigenvalue weighted by molar-refractivity contribution is 7.15. The number of thiazole rings is 1. The monoisotopic (exact) mass is 348 g/mol. The van der Waals surface area contributed by atoms with Gasteiger partial charge in [-0.25, -0.2) is 9.97 Å². The lowest BCUT2D eigenvalue weighted by molar-refractivity contribution is -0.121. The number of likely N-dealkylation sites (tertiary alicyclic amines) is 1. The van der Waals surface area contributed by atoms with Crippen LogP contribution in [0.5, 0.6) is 0 Å².